The molecule has 3 rings (SSSR count). The molecule has 0 saturated carbocycles. The maximum atomic E-state index is 13.7. The molecule has 1 aromatic carbocycles. The fraction of sp³-hybridized carbons (Fsp3) is 0. The Morgan fingerprint density at radius 1 is 0.905 bits per heavy atom. The molecule has 0 saturated heterocycles. The van der Waals surface area contributed by atoms with Crippen LogP contribution in [0.25, 0.3) is 11.4 Å². The quantitative estimate of drug-likeness (QED) is 0.799. The Bertz CT molecular complexity index is 763. The van der Waals surface area contributed by atoms with Gasteiger partial charge in [-0.25, -0.2) is 18.7 Å². The van der Waals surface area contributed by atoms with Gasteiger partial charge in [-0.3, -0.25) is 4.98 Å². The summed E-state index contributed by atoms with van der Waals surface area (Å²) in [6, 6.07) is 8.35. The lowest BCUT2D eigenvalue weighted by Gasteiger charge is -2.07. The summed E-state index contributed by atoms with van der Waals surface area (Å²) in [4.78, 5) is 12.1. The average Bonchev–Trinajstić information content (AvgIpc) is 2.51. The highest BCUT2D eigenvalue weighted by Crippen LogP contribution is 2.22. The number of benzene rings is 1. The number of hydrogen-bond donors (Lipinski definition) is 1. The summed E-state index contributed by atoms with van der Waals surface area (Å²) >= 11 is 0. The van der Waals surface area contributed by atoms with Crippen molar-refractivity contribution >= 4 is 11.5 Å². The Morgan fingerprint density at radius 3 is 2.52 bits per heavy atom. The molecule has 0 amide bonds. The summed E-state index contributed by atoms with van der Waals surface area (Å²) in [6.45, 7) is 0. The first kappa shape index (κ1) is 13.1. The summed E-state index contributed by atoms with van der Waals surface area (Å²) in [5.41, 5.74) is 0.808. The summed E-state index contributed by atoms with van der Waals surface area (Å²) in [6.07, 6.45) is 4.75. The third-order valence-corrected chi connectivity index (χ3v) is 2.78. The number of aromatic nitrogens is 3. The molecular formula is C15H10F2N4. The van der Waals surface area contributed by atoms with Crippen LogP contribution >= 0.6 is 0 Å². The van der Waals surface area contributed by atoms with Gasteiger partial charge in [-0.2, -0.15) is 0 Å². The fourth-order valence-corrected chi connectivity index (χ4v) is 1.81. The van der Waals surface area contributed by atoms with Crippen LogP contribution in [0.1, 0.15) is 0 Å². The zero-order valence-electron chi connectivity index (χ0n) is 10.8. The largest absolute Gasteiger partial charge is 0.340 e. The van der Waals surface area contributed by atoms with E-state index < -0.39 is 11.6 Å². The van der Waals surface area contributed by atoms with Crippen LogP contribution in [0.4, 0.5) is 20.3 Å². The van der Waals surface area contributed by atoms with E-state index in [0.29, 0.717) is 5.82 Å². The van der Waals surface area contributed by atoms with Crippen molar-refractivity contribution in [1.82, 2.24) is 15.0 Å². The monoisotopic (exact) mass is 284 g/mol. The van der Waals surface area contributed by atoms with Crippen LogP contribution in [0, 0.1) is 11.6 Å². The van der Waals surface area contributed by atoms with E-state index in [0.717, 1.165) is 23.9 Å². The number of halogens is 2. The molecule has 0 radical (unpaired) electrons. The van der Waals surface area contributed by atoms with Crippen LogP contribution in [-0.2, 0) is 0 Å². The molecule has 0 fully saturated rings. The Labute approximate surface area is 119 Å². The molecule has 0 aliphatic carbocycles. The smallest absolute Gasteiger partial charge is 0.164 e. The number of pyridine rings is 1. The van der Waals surface area contributed by atoms with Crippen LogP contribution in [0.2, 0.25) is 0 Å². The minimum atomic E-state index is -0.572. The van der Waals surface area contributed by atoms with Gasteiger partial charge in [0.05, 0.1) is 5.56 Å². The predicted octanol–water partition coefficient (Wildman–Crippen LogP) is 3.56. The van der Waals surface area contributed by atoms with Crippen molar-refractivity contribution in [1.29, 1.82) is 0 Å². The van der Waals surface area contributed by atoms with Gasteiger partial charge in [0, 0.05) is 24.3 Å². The zero-order valence-corrected chi connectivity index (χ0v) is 10.8. The highest BCUT2D eigenvalue weighted by Gasteiger charge is 2.10. The third kappa shape index (κ3) is 3.00. The lowest BCUT2D eigenvalue weighted by atomic mass is 10.2. The van der Waals surface area contributed by atoms with E-state index >= 15 is 0 Å². The summed E-state index contributed by atoms with van der Waals surface area (Å²) in [5.74, 6) is -0.513. The standard InChI is InChI=1S/C15H10F2N4/c16-10-1-2-13(17)12(9-10)15-19-8-5-14(21-15)20-11-3-6-18-7-4-11/h1-9H,(H,18,19,20,21). The SMILES string of the molecule is Fc1ccc(F)c(-c2nccc(Nc3ccncc3)n2)c1. The Kier molecular flexibility index (Phi) is 3.51. The number of nitrogens with zero attached hydrogens (tertiary/aromatic N) is 3. The van der Waals surface area contributed by atoms with Crippen molar-refractivity contribution in [3.63, 3.8) is 0 Å². The molecule has 1 N–H and O–H groups in total. The van der Waals surface area contributed by atoms with Crippen molar-refractivity contribution in [3.05, 3.63) is 66.6 Å². The van der Waals surface area contributed by atoms with Crippen LogP contribution in [0.3, 0.4) is 0 Å². The topological polar surface area (TPSA) is 50.7 Å². The molecular weight excluding hydrogens is 274 g/mol. The van der Waals surface area contributed by atoms with Gasteiger partial charge in [-0.05, 0) is 36.4 Å². The van der Waals surface area contributed by atoms with Crippen LogP contribution in [-0.4, -0.2) is 15.0 Å². The first-order valence-corrected chi connectivity index (χ1v) is 6.18. The molecule has 104 valence electrons. The zero-order chi connectivity index (χ0) is 14.7. The molecule has 3 aromatic rings. The molecule has 0 spiro atoms. The van der Waals surface area contributed by atoms with Gasteiger partial charge in [0.25, 0.3) is 0 Å². The number of rotatable bonds is 3. The lowest BCUT2D eigenvalue weighted by molar-refractivity contribution is 0.602. The minimum absolute atomic E-state index is 0.0216. The molecule has 0 atom stereocenters. The normalized spacial score (nSPS) is 10.4. The van der Waals surface area contributed by atoms with Crippen molar-refractivity contribution in [2.24, 2.45) is 0 Å². The van der Waals surface area contributed by atoms with E-state index in [9.17, 15) is 8.78 Å². The highest BCUT2D eigenvalue weighted by atomic mass is 19.1. The second-order valence-electron chi connectivity index (χ2n) is 4.25. The molecule has 0 aliphatic heterocycles. The molecule has 0 aliphatic rings. The van der Waals surface area contributed by atoms with Crippen LogP contribution in [0.5, 0.6) is 0 Å². The first-order chi connectivity index (χ1) is 10.2. The molecule has 2 heterocycles. The lowest BCUT2D eigenvalue weighted by Crippen LogP contribution is -1.98. The molecule has 0 unspecified atom stereocenters. The number of nitrogens with one attached hydrogen (secondary N) is 1. The van der Waals surface area contributed by atoms with Gasteiger partial charge in [-0.15, -0.1) is 0 Å². The number of hydrogen-bond acceptors (Lipinski definition) is 4. The van der Waals surface area contributed by atoms with Gasteiger partial charge in [0.2, 0.25) is 0 Å². The Balaban J connectivity index is 1.95. The number of anilines is 2. The molecule has 21 heavy (non-hydrogen) atoms. The van der Waals surface area contributed by atoms with E-state index in [4.69, 9.17) is 0 Å². The van der Waals surface area contributed by atoms with Crippen molar-refractivity contribution in [3.8, 4) is 11.4 Å². The van der Waals surface area contributed by atoms with Gasteiger partial charge in [0.1, 0.15) is 17.5 Å². The van der Waals surface area contributed by atoms with E-state index in [-0.39, 0.29) is 11.4 Å². The van der Waals surface area contributed by atoms with Gasteiger partial charge in [-0.1, -0.05) is 0 Å². The molecule has 4 nitrogen and oxygen atoms in total. The van der Waals surface area contributed by atoms with E-state index in [1.54, 1.807) is 30.6 Å². The Hall–Kier alpha value is -2.89. The van der Waals surface area contributed by atoms with Crippen molar-refractivity contribution < 1.29 is 8.78 Å². The second kappa shape index (κ2) is 5.62. The molecule has 0 bridgehead atoms. The summed E-state index contributed by atoms with van der Waals surface area (Å²) in [7, 11) is 0. The van der Waals surface area contributed by atoms with Crippen LogP contribution in [0.15, 0.2) is 55.0 Å². The first-order valence-electron chi connectivity index (χ1n) is 6.18. The van der Waals surface area contributed by atoms with E-state index in [1.807, 2.05) is 0 Å². The van der Waals surface area contributed by atoms with E-state index in [2.05, 4.69) is 20.3 Å². The highest BCUT2D eigenvalue weighted by molar-refractivity contribution is 5.61. The second-order valence-corrected chi connectivity index (χ2v) is 4.25. The molecule has 2 aromatic heterocycles. The summed E-state index contributed by atoms with van der Waals surface area (Å²) < 4.78 is 27.0. The Morgan fingerprint density at radius 2 is 1.71 bits per heavy atom. The maximum absolute atomic E-state index is 13.7. The third-order valence-electron chi connectivity index (χ3n) is 2.78. The van der Waals surface area contributed by atoms with Crippen molar-refractivity contribution in [2.75, 3.05) is 5.32 Å². The van der Waals surface area contributed by atoms with Gasteiger partial charge in [0.15, 0.2) is 5.82 Å². The minimum Gasteiger partial charge on any atom is -0.340 e. The maximum Gasteiger partial charge on any atom is 0.164 e. The van der Waals surface area contributed by atoms with Gasteiger partial charge < -0.3 is 5.32 Å². The van der Waals surface area contributed by atoms with Crippen LogP contribution < -0.4 is 5.32 Å². The molecule has 6 heteroatoms. The average molecular weight is 284 g/mol. The van der Waals surface area contributed by atoms with Gasteiger partial charge >= 0.3 is 0 Å². The summed E-state index contributed by atoms with van der Waals surface area (Å²) in [5, 5.41) is 3.04. The van der Waals surface area contributed by atoms with Crippen molar-refractivity contribution in [2.45, 2.75) is 0 Å². The fourth-order valence-electron chi connectivity index (χ4n) is 1.81. The predicted molar refractivity (Wildman–Crippen MR) is 74.9 cm³/mol. The van der Waals surface area contributed by atoms with E-state index in [1.165, 1.54) is 6.20 Å².